The van der Waals surface area contributed by atoms with Crippen molar-refractivity contribution in [1.29, 1.82) is 0 Å². The van der Waals surface area contributed by atoms with E-state index in [1.54, 1.807) is 0 Å². The van der Waals surface area contributed by atoms with E-state index in [9.17, 15) is 43.2 Å². The standard InChI is InChI=1S/C78H152O17P2/c1-7-10-12-14-16-18-20-21-22-23-24-25-26-27-28-29-30-32-38-44-51-57-63-78(83)94-73(66-88-75(80)60-54-48-42-36-34-33-35-41-47-53-59-71(6)9-3)68-92-96(84,85)90-64-72(79)65-91-97(86,87)93-69-74(67-89-76(81)61-55-49-45-39-40-46-52-58-70(4)5)95-77(82)62-56-50-43-37-31-19-17-15-13-11-8-2/h70-74,79H,7-69H2,1-6H3,(H,84,85)(H,86,87)/t71?,72-,73-,74-/m1/s1. The molecule has 0 heterocycles. The van der Waals surface area contributed by atoms with Crippen molar-refractivity contribution in [1.82, 2.24) is 0 Å². The maximum atomic E-state index is 13.1. The summed E-state index contributed by atoms with van der Waals surface area (Å²) in [5.41, 5.74) is 0. The molecule has 0 amide bonds. The van der Waals surface area contributed by atoms with Crippen LogP contribution >= 0.6 is 15.6 Å². The molecule has 3 N–H and O–H groups in total. The second kappa shape index (κ2) is 69.8. The molecule has 0 spiro atoms. The van der Waals surface area contributed by atoms with Crippen molar-refractivity contribution in [2.45, 2.75) is 426 Å². The predicted molar refractivity (Wildman–Crippen MR) is 395 cm³/mol. The Kier molecular flexibility index (Phi) is 68.4. The number of phosphoric ester groups is 2. The molecule has 6 atom stereocenters. The lowest BCUT2D eigenvalue weighted by Crippen LogP contribution is -2.30. The van der Waals surface area contributed by atoms with Crippen molar-refractivity contribution in [3.63, 3.8) is 0 Å². The number of aliphatic hydroxyl groups excluding tert-OH is 1. The highest BCUT2D eigenvalue weighted by atomic mass is 31.2. The fraction of sp³-hybridized carbons (Fsp3) is 0.949. The number of hydrogen-bond donors (Lipinski definition) is 3. The Balaban J connectivity index is 5.19. The van der Waals surface area contributed by atoms with E-state index < -0.39 is 97.5 Å². The highest BCUT2D eigenvalue weighted by Gasteiger charge is 2.30. The second-order valence-corrected chi connectivity index (χ2v) is 31.7. The Morgan fingerprint density at radius 3 is 0.784 bits per heavy atom. The average molecular weight is 1420 g/mol. The van der Waals surface area contributed by atoms with E-state index in [-0.39, 0.29) is 25.7 Å². The molecule has 576 valence electrons. The lowest BCUT2D eigenvalue weighted by Gasteiger charge is -2.21. The minimum Gasteiger partial charge on any atom is -0.462 e. The van der Waals surface area contributed by atoms with Crippen LogP contribution in [0.2, 0.25) is 0 Å². The van der Waals surface area contributed by atoms with Crippen LogP contribution in [0.4, 0.5) is 0 Å². The SMILES string of the molecule is CCCCCCCCCCCCCCCCCCCCCCCCC(=O)O[C@H](COC(=O)CCCCCCCCCCCCC(C)CC)COP(=O)(O)OC[C@@H](O)COP(=O)(O)OC[C@@H](COC(=O)CCCCCCCCCC(C)C)OC(=O)CCCCCCCCCCCCC. The number of phosphoric acid groups is 2. The van der Waals surface area contributed by atoms with Gasteiger partial charge in [-0.25, -0.2) is 9.13 Å². The van der Waals surface area contributed by atoms with Gasteiger partial charge in [-0.15, -0.1) is 0 Å². The molecule has 0 aromatic carbocycles. The maximum absolute atomic E-state index is 13.1. The zero-order valence-corrected chi connectivity index (χ0v) is 65.2. The molecule has 0 rings (SSSR count). The zero-order chi connectivity index (χ0) is 71.4. The molecule has 0 fully saturated rings. The van der Waals surface area contributed by atoms with E-state index in [1.807, 2.05) is 0 Å². The van der Waals surface area contributed by atoms with E-state index in [0.717, 1.165) is 102 Å². The number of ether oxygens (including phenoxy) is 4. The number of hydrogen-bond acceptors (Lipinski definition) is 15. The molecule has 0 bridgehead atoms. The van der Waals surface area contributed by atoms with E-state index in [0.29, 0.717) is 31.6 Å². The van der Waals surface area contributed by atoms with Gasteiger partial charge in [0.1, 0.15) is 19.3 Å². The fourth-order valence-corrected chi connectivity index (χ4v) is 13.6. The number of esters is 4. The topological polar surface area (TPSA) is 237 Å². The minimum atomic E-state index is -4.96. The molecule has 0 aliphatic carbocycles. The van der Waals surface area contributed by atoms with Gasteiger partial charge in [0.25, 0.3) is 0 Å². The predicted octanol–water partition coefficient (Wildman–Crippen LogP) is 23.1. The van der Waals surface area contributed by atoms with E-state index in [2.05, 4.69) is 41.5 Å². The van der Waals surface area contributed by atoms with Gasteiger partial charge < -0.3 is 33.8 Å². The van der Waals surface area contributed by atoms with Gasteiger partial charge in [-0.2, -0.15) is 0 Å². The highest BCUT2D eigenvalue weighted by Crippen LogP contribution is 2.45. The lowest BCUT2D eigenvalue weighted by atomic mass is 9.99. The van der Waals surface area contributed by atoms with Gasteiger partial charge in [0, 0.05) is 25.7 Å². The van der Waals surface area contributed by atoms with Gasteiger partial charge in [0.05, 0.1) is 26.4 Å². The van der Waals surface area contributed by atoms with Crippen molar-refractivity contribution < 1.29 is 80.2 Å². The van der Waals surface area contributed by atoms with Crippen LogP contribution in [-0.2, 0) is 65.4 Å². The molecular formula is C78H152O17P2. The Bertz CT molecular complexity index is 1870. The van der Waals surface area contributed by atoms with Crippen LogP contribution in [0.5, 0.6) is 0 Å². The molecule has 0 saturated carbocycles. The van der Waals surface area contributed by atoms with Crippen molar-refractivity contribution in [3.8, 4) is 0 Å². The number of carbonyl (C=O) groups excluding carboxylic acids is 4. The monoisotopic (exact) mass is 1420 g/mol. The van der Waals surface area contributed by atoms with Crippen LogP contribution < -0.4 is 0 Å². The van der Waals surface area contributed by atoms with Gasteiger partial charge in [-0.1, -0.05) is 356 Å². The summed E-state index contributed by atoms with van der Waals surface area (Å²) in [6.07, 6.45) is 58.4. The third-order valence-corrected chi connectivity index (χ3v) is 20.5. The quantitative estimate of drug-likeness (QED) is 0.0222. The molecule has 0 aliphatic rings. The van der Waals surface area contributed by atoms with Crippen LogP contribution in [-0.4, -0.2) is 96.7 Å². The molecule has 3 unspecified atom stereocenters. The van der Waals surface area contributed by atoms with Crippen molar-refractivity contribution in [2.24, 2.45) is 11.8 Å². The summed E-state index contributed by atoms with van der Waals surface area (Å²) >= 11 is 0. The maximum Gasteiger partial charge on any atom is 0.472 e. The third-order valence-electron chi connectivity index (χ3n) is 18.6. The van der Waals surface area contributed by atoms with E-state index in [4.69, 9.17) is 37.0 Å². The molecule has 19 heteroatoms. The van der Waals surface area contributed by atoms with E-state index in [1.165, 1.54) is 218 Å². The highest BCUT2D eigenvalue weighted by molar-refractivity contribution is 7.47. The Morgan fingerprint density at radius 1 is 0.299 bits per heavy atom. The first-order chi connectivity index (χ1) is 46.9. The number of aliphatic hydroxyl groups is 1. The first kappa shape index (κ1) is 95.1. The van der Waals surface area contributed by atoms with Gasteiger partial charge in [-0.05, 0) is 37.5 Å². The summed E-state index contributed by atoms with van der Waals surface area (Å²) in [5.74, 6) is -0.601. The summed E-state index contributed by atoms with van der Waals surface area (Å²) in [4.78, 5) is 72.8. The Morgan fingerprint density at radius 2 is 0.526 bits per heavy atom. The van der Waals surface area contributed by atoms with Gasteiger partial charge in [0.2, 0.25) is 0 Å². The van der Waals surface area contributed by atoms with Gasteiger partial charge in [-0.3, -0.25) is 37.3 Å². The molecule has 97 heavy (non-hydrogen) atoms. The Labute approximate surface area is 594 Å². The number of rotatable bonds is 77. The zero-order valence-electron chi connectivity index (χ0n) is 63.4. The van der Waals surface area contributed by atoms with Crippen molar-refractivity contribution >= 4 is 39.5 Å². The summed E-state index contributed by atoms with van der Waals surface area (Å²) in [6, 6.07) is 0. The lowest BCUT2D eigenvalue weighted by molar-refractivity contribution is -0.161. The molecule has 0 radical (unpaired) electrons. The summed E-state index contributed by atoms with van der Waals surface area (Å²) in [5, 5.41) is 10.6. The third kappa shape index (κ3) is 70.9. The smallest absolute Gasteiger partial charge is 0.462 e. The summed E-state index contributed by atoms with van der Waals surface area (Å²) in [6.45, 7) is 9.57. The van der Waals surface area contributed by atoms with Crippen molar-refractivity contribution in [2.75, 3.05) is 39.6 Å². The van der Waals surface area contributed by atoms with Gasteiger partial charge >= 0.3 is 39.5 Å². The molecule has 17 nitrogen and oxygen atoms in total. The summed E-state index contributed by atoms with van der Waals surface area (Å²) < 4.78 is 68.5. The average Bonchev–Trinajstić information content (AvgIpc) is 2.40. The van der Waals surface area contributed by atoms with Crippen LogP contribution in [0.1, 0.15) is 408 Å². The van der Waals surface area contributed by atoms with E-state index >= 15 is 0 Å². The molecule has 0 saturated heterocycles. The minimum absolute atomic E-state index is 0.106. The normalized spacial score (nSPS) is 14.2. The second-order valence-electron chi connectivity index (χ2n) is 28.8. The molecule has 0 aromatic heterocycles. The first-order valence-corrected chi connectivity index (χ1v) is 43.5. The number of carbonyl (C=O) groups is 4. The van der Waals surface area contributed by atoms with Crippen molar-refractivity contribution in [3.05, 3.63) is 0 Å². The molecular weight excluding hydrogens is 1270 g/mol. The van der Waals surface area contributed by atoms with Crippen LogP contribution in [0.25, 0.3) is 0 Å². The van der Waals surface area contributed by atoms with Crippen LogP contribution in [0.3, 0.4) is 0 Å². The largest absolute Gasteiger partial charge is 0.472 e. The van der Waals surface area contributed by atoms with Crippen LogP contribution in [0.15, 0.2) is 0 Å². The summed E-state index contributed by atoms with van der Waals surface area (Å²) in [7, 11) is -9.91. The fourth-order valence-electron chi connectivity index (χ4n) is 12.0. The van der Waals surface area contributed by atoms with Gasteiger partial charge in [0.15, 0.2) is 12.2 Å². The molecule has 0 aromatic rings. The first-order valence-electron chi connectivity index (χ1n) is 40.5. The number of unbranched alkanes of at least 4 members (excludes halogenated alkanes) is 46. The molecule has 0 aliphatic heterocycles. The van der Waals surface area contributed by atoms with Crippen LogP contribution in [0, 0.1) is 11.8 Å². The Hall–Kier alpha value is -1.94.